The largest absolute Gasteiger partial charge is 0.490 e. The number of halogens is 1. The van der Waals surface area contributed by atoms with Crippen molar-refractivity contribution in [3.8, 4) is 5.75 Å². The van der Waals surface area contributed by atoms with Crippen LogP contribution in [0.3, 0.4) is 0 Å². The maximum Gasteiger partial charge on any atom is 0.264 e. The van der Waals surface area contributed by atoms with Gasteiger partial charge in [0.2, 0.25) is 10.0 Å². The van der Waals surface area contributed by atoms with E-state index in [1.54, 1.807) is 12.1 Å². The highest BCUT2D eigenvalue weighted by atomic mass is 35.5. The predicted molar refractivity (Wildman–Crippen MR) is 156 cm³/mol. The molecule has 4 unspecified atom stereocenters. The zero-order chi connectivity index (χ0) is 28.2. The van der Waals surface area contributed by atoms with Gasteiger partial charge in [0.05, 0.1) is 36.9 Å². The molecule has 1 saturated heterocycles. The second kappa shape index (κ2) is 10.7. The van der Waals surface area contributed by atoms with Gasteiger partial charge in [0.15, 0.2) is 0 Å². The van der Waals surface area contributed by atoms with Crippen LogP contribution in [0.25, 0.3) is 0 Å². The molecular weight excluding hydrogens is 564 g/mol. The molecule has 4 bridgehead atoms. The van der Waals surface area contributed by atoms with E-state index >= 15 is 0 Å². The van der Waals surface area contributed by atoms with Crippen molar-refractivity contribution in [1.82, 2.24) is 4.72 Å². The van der Waals surface area contributed by atoms with E-state index in [-0.39, 0.29) is 30.0 Å². The molecule has 3 heterocycles. The van der Waals surface area contributed by atoms with E-state index in [1.807, 2.05) is 12.1 Å². The molecule has 2 fully saturated rings. The maximum absolute atomic E-state index is 13.2. The third-order valence-corrected chi connectivity index (χ3v) is 11.4. The van der Waals surface area contributed by atoms with Crippen molar-refractivity contribution >= 4 is 33.2 Å². The highest BCUT2D eigenvalue weighted by Gasteiger charge is 2.45. The standard InChI is InChI=1S/C31H37ClN2O6S/c32-23-5-7-26-20(14-23)2-1-10-31(26)18-34-17-22-3-6-25(22)29-16-24(9-11-39-29)38-12-13-41(36,37)33-30(35)21-4-8-28(40-19-31)27(34)15-21/h4-5,7-8,14-15,22,24-25,29H,1-3,6,9-13,16-19H2,(H,33,35)/t22-,24?,25?,29?,31?/m0/s1. The lowest BCUT2D eigenvalue weighted by Gasteiger charge is -2.47. The normalized spacial score (nSPS) is 32.9. The summed E-state index contributed by atoms with van der Waals surface area (Å²) < 4.78 is 46.6. The molecule has 1 saturated carbocycles. The number of ether oxygens (including phenoxy) is 3. The number of carbonyl (C=O) groups is 1. The summed E-state index contributed by atoms with van der Waals surface area (Å²) in [6, 6.07) is 11.5. The molecule has 41 heavy (non-hydrogen) atoms. The molecule has 5 aliphatic rings. The summed E-state index contributed by atoms with van der Waals surface area (Å²) in [5.41, 5.74) is 3.49. The topological polar surface area (TPSA) is 94.2 Å². The molecule has 7 rings (SSSR count). The second-order valence-electron chi connectivity index (χ2n) is 12.5. The molecule has 2 aromatic carbocycles. The first kappa shape index (κ1) is 27.5. The van der Waals surface area contributed by atoms with Gasteiger partial charge in [-0.2, -0.15) is 0 Å². The van der Waals surface area contributed by atoms with Crippen molar-refractivity contribution in [2.45, 2.75) is 62.6 Å². The summed E-state index contributed by atoms with van der Waals surface area (Å²) in [5, 5.41) is 0.751. The highest BCUT2D eigenvalue weighted by molar-refractivity contribution is 7.90. The smallest absolute Gasteiger partial charge is 0.264 e. The van der Waals surface area contributed by atoms with Crippen molar-refractivity contribution < 1.29 is 27.4 Å². The SMILES string of the molecule is O=C1NS(=O)(=O)CCOC2CCOC(C2)C2CC[C@H]2CN2CC3(CCCc4cc(Cl)ccc43)COc3ccc1cc32. The molecular formula is C31H37ClN2O6S. The Morgan fingerprint density at radius 2 is 1.95 bits per heavy atom. The Morgan fingerprint density at radius 3 is 2.80 bits per heavy atom. The van der Waals surface area contributed by atoms with Gasteiger partial charge in [0, 0.05) is 42.1 Å². The summed E-state index contributed by atoms with van der Waals surface area (Å²) in [5.74, 6) is 0.691. The maximum atomic E-state index is 13.2. The Bertz CT molecular complexity index is 1450. The summed E-state index contributed by atoms with van der Waals surface area (Å²) in [4.78, 5) is 15.6. The molecule has 1 spiro atoms. The van der Waals surface area contributed by atoms with Crippen LogP contribution in [0.5, 0.6) is 5.75 Å². The first-order chi connectivity index (χ1) is 19.8. The van der Waals surface area contributed by atoms with Gasteiger partial charge >= 0.3 is 0 Å². The molecule has 0 radical (unpaired) electrons. The molecule has 220 valence electrons. The average molecular weight is 601 g/mol. The number of hydrogen-bond donors (Lipinski definition) is 1. The lowest BCUT2D eigenvalue weighted by atomic mass is 9.67. The molecule has 3 aliphatic heterocycles. The minimum atomic E-state index is -3.86. The molecule has 2 aromatic rings. The van der Waals surface area contributed by atoms with Gasteiger partial charge in [-0.25, -0.2) is 13.1 Å². The third kappa shape index (κ3) is 5.35. The minimum Gasteiger partial charge on any atom is -0.490 e. The molecule has 2 aliphatic carbocycles. The van der Waals surface area contributed by atoms with E-state index in [2.05, 4.69) is 21.8 Å². The molecule has 0 aromatic heterocycles. The van der Waals surface area contributed by atoms with Gasteiger partial charge in [-0.05, 0) is 91.8 Å². The Labute approximate surface area is 246 Å². The number of carbonyl (C=O) groups excluding carboxylic acids is 1. The first-order valence-corrected chi connectivity index (χ1v) is 16.9. The summed E-state index contributed by atoms with van der Waals surface area (Å²) in [7, 11) is -3.86. The monoisotopic (exact) mass is 600 g/mol. The fourth-order valence-electron chi connectivity index (χ4n) is 7.67. The molecule has 8 nitrogen and oxygen atoms in total. The average Bonchev–Trinajstić information content (AvgIpc) is 3.07. The zero-order valence-corrected chi connectivity index (χ0v) is 24.7. The van der Waals surface area contributed by atoms with Crippen LogP contribution < -0.4 is 14.4 Å². The van der Waals surface area contributed by atoms with Crippen LogP contribution in [-0.4, -0.2) is 65.2 Å². The number of fused-ring (bicyclic) bond motifs is 7. The number of nitrogens with one attached hydrogen (secondary N) is 1. The van der Waals surface area contributed by atoms with E-state index in [0.717, 1.165) is 74.5 Å². The predicted octanol–water partition coefficient (Wildman–Crippen LogP) is 4.48. The molecule has 5 atom stereocenters. The number of benzene rings is 2. The summed E-state index contributed by atoms with van der Waals surface area (Å²) >= 11 is 6.40. The van der Waals surface area contributed by atoms with Gasteiger partial charge < -0.3 is 19.1 Å². The number of nitrogens with zero attached hydrogens (tertiary/aromatic N) is 1. The summed E-state index contributed by atoms with van der Waals surface area (Å²) in [6.07, 6.45) is 6.89. The van der Waals surface area contributed by atoms with Crippen LogP contribution >= 0.6 is 11.6 Å². The van der Waals surface area contributed by atoms with Crippen LogP contribution in [0.4, 0.5) is 5.69 Å². The number of rotatable bonds is 0. The lowest BCUT2D eigenvalue weighted by Crippen LogP contribution is -2.51. The minimum absolute atomic E-state index is 0.0337. The van der Waals surface area contributed by atoms with Crippen LogP contribution in [0.2, 0.25) is 5.02 Å². The quantitative estimate of drug-likeness (QED) is 0.477. The summed E-state index contributed by atoms with van der Waals surface area (Å²) in [6.45, 7) is 2.77. The van der Waals surface area contributed by atoms with Crippen LogP contribution in [0, 0.1) is 11.8 Å². The fraction of sp³-hybridized carbons (Fsp3) is 0.581. The van der Waals surface area contributed by atoms with Crippen LogP contribution in [0.15, 0.2) is 36.4 Å². The molecule has 10 heteroatoms. The van der Waals surface area contributed by atoms with E-state index in [0.29, 0.717) is 30.6 Å². The van der Waals surface area contributed by atoms with E-state index in [1.165, 1.54) is 11.1 Å². The number of aryl methyl sites for hydroxylation is 1. The van der Waals surface area contributed by atoms with E-state index < -0.39 is 15.9 Å². The lowest BCUT2D eigenvalue weighted by molar-refractivity contribution is -0.115. The van der Waals surface area contributed by atoms with Gasteiger partial charge in [0.1, 0.15) is 5.75 Å². The number of sulfonamides is 1. The van der Waals surface area contributed by atoms with Crippen molar-refractivity contribution in [2.75, 3.05) is 43.6 Å². The second-order valence-corrected chi connectivity index (χ2v) is 14.7. The van der Waals surface area contributed by atoms with Crippen molar-refractivity contribution in [1.29, 1.82) is 0 Å². The molecule has 1 amide bonds. The van der Waals surface area contributed by atoms with E-state index in [4.69, 9.17) is 25.8 Å². The third-order valence-electron chi connectivity index (χ3n) is 9.93. The van der Waals surface area contributed by atoms with Gasteiger partial charge in [0.25, 0.3) is 5.91 Å². The number of anilines is 1. The highest BCUT2D eigenvalue weighted by Crippen LogP contribution is 2.47. The van der Waals surface area contributed by atoms with Gasteiger partial charge in [-0.3, -0.25) is 4.79 Å². The van der Waals surface area contributed by atoms with Crippen molar-refractivity contribution in [3.05, 3.63) is 58.1 Å². The number of amides is 1. The first-order valence-electron chi connectivity index (χ1n) is 14.9. The van der Waals surface area contributed by atoms with Crippen molar-refractivity contribution in [2.24, 2.45) is 11.8 Å². The van der Waals surface area contributed by atoms with Crippen molar-refractivity contribution in [3.63, 3.8) is 0 Å². The Kier molecular flexibility index (Phi) is 7.20. The molecule has 1 N–H and O–H groups in total. The number of hydrogen-bond acceptors (Lipinski definition) is 7. The Hall–Kier alpha value is -2.33. The van der Waals surface area contributed by atoms with Crippen LogP contribution in [0.1, 0.15) is 60.0 Å². The van der Waals surface area contributed by atoms with Gasteiger partial charge in [-0.15, -0.1) is 0 Å². The van der Waals surface area contributed by atoms with Crippen LogP contribution in [-0.2, 0) is 31.3 Å². The Morgan fingerprint density at radius 1 is 1.05 bits per heavy atom. The van der Waals surface area contributed by atoms with Gasteiger partial charge in [-0.1, -0.05) is 17.7 Å². The Balaban J connectivity index is 1.28. The zero-order valence-electron chi connectivity index (χ0n) is 23.1. The fourth-order valence-corrected chi connectivity index (χ4v) is 8.68. The van der Waals surface area contributed by atoms with E-state index in [9.17, 15) is 13.2 Å².